The van der Waals surface area contributed by atoms with E-state index in [0.717, 1.165) is 12.1 Å². The Balaban J connectivity index is 1.87. The summed E-state index contributed by atoms with van der Waals surface area (Å²) in [5.41, 5.74) is -0.785. The van der Waals surface area contributed by atoms with Crippen molar-refractivity contribution < 1.29 is 18.3 Å². The minimum absolute atomic E-state index is 0.0160. The molecule has 3 N–H and O–H groups in total. The molecule has 0 spiro atoms. The number of aromatic amines is 1. The van der Waals surface area contributed by atoms with Crippen LogP contribution in [0.4, 0.5) is 13.2 Å². The first-order valence-corrected chi connectivity index (χ1v) is 7.30. The molecule has 2 heterocycles. The van der Waals surface area contributed by atoms with Gasteiger partial charge in [-0.1, -0.05) is 12.1 Å². The van der Waals surface area contributed by atoms with Crippen molar-refractivity contribution in [2.24, 2.45) is 0 Å². The molecule has 0 amide bonds. The fraction of sp³-hybridized carbons (Fsp3) is 0.467. The highest BCUT2D eigenvalue weighted by Crippen LogP contribution is 2.40. The van der Waals surface area contributed by atoms with Crippen molar-refractivity contribution in [2.45, 2.75) is 43.6 Å². The highest BCUT2D eigenvalue weighted by Gasteiger charge is 2.40. The van der Waals surface area contributed by atoms with Crippen molar-refractivity contribution in [2.75, 3.05) is 0 Å². The molecule has 0 aliphatic carbocycles. The monoisotopic (exact) mass is 326 g/mol. The summed E-state index contributed by atoms with van der Waals surface area (Å²) in [7, 11) is 0. The third-order valence-electron chi connectivity index (χ3n) is 4.21. The first kappa shape index (κ1) is 15.9. The maximum Gasteiger partial charge on any atom is 0.416 e. The maximum absolute atomic E-state index is 12.7. The van der Waals surface area contributed by atoms with E-state index in [1.165, 1.54) is 12.1 Å². The van der Waals surface area contributed by atoms with E-state index in [1.54, 1.807) is 6.20 Å². The number of hydrogen-bond donors (Lipinski definition) is 3. The smallest absolute Gasteiger partial charge is 0.385 e. The zero-order chi connectivity index (χ0) is 16.7. The Morgan fingerprint density at radius 3 is 2.48 bits per heavy atom. The van der Waals surface area contributed by atoms with Crippen LogP contribution < -0.4 is 5.32 Å². The predicted octanol–water partition coefficient (Wildman–Crippen LogP) is 2.52. The lowest BCUT2D eigenvalue weighted by atomic mass is 9.78. The number of nitrogens with one attached hydrogen (secondary N) is 2. The molecule has 5 nitrogen and oxygen atoms in total. The van der Waals surface area contributed by atoms with Crippen LogP contribution in [0.3, 0.4) is 0 Å². The quantitative estimate of drug-likeness (QED) is 0.793. The fourth-order valence-electron chi connectivity index (χ4n) is 3.16. The molecule has 0 saturated carbocycles. The lowest BCUT2D eigenvalue weighted by molar-refractivity contribution is -0.137. The molecule has 1 aromatic heterocycles. The normalized spacial score (nSPS) is 28.7. The van der Waals surface area contributed by atoms with Gasteiger partial charge in [-0.05, 0) is 31.0 Å². The van der Waals surface area contributed by atoms with Gasteiger partial charge in [-0.25, -0.2) is 0 Å². The molecule has 1 aliphatic rings. The molecular formula is C15H17F3N4O. The first-order chi connectivity index (χ1) is 10.8. The van der Waals surface area contributed by atoms with E-state index in [4.69, 9.17) is 0 Å². The van der Waals surface area contributed by atoms with Gasteiger partial charge in [-0.15, -0.1) is 0 Å². The Morgan fingerprint density at radius 1 is 1.22 bits per heavy atom. The highest BCUT2D eigenvalue weighted by atomic mass is 19.4. The minimum atomic E-state index is -4.38. The number of aliphatic hydroxyl groups is 1. The van der Waals surface area contributed by atoms with Gasteiger partial charge in [0.05, 0.1) is 29.1 Å². The van der Waals surface area contributed by atoms with Crippen molar-refractivity contribution in [3.05, 3.63) is 47.3 Å². The molecule has 124 valence electrons. The molecule has 2 aromatic rings. The number of nitrogens with zero attached hydrogens (tertiary/aromatic N) is 2. The molecule has 1 aliphatic heterocycles. The lowest BCUT2D eigenvalue weighted by Crippen LogP contribution is -2.47. The van der Waals surface area contributed by atoms with Crippen molar-refractivity contribution in [3.8, 4) is 0 Å². The number of aromatic nitrogens is 3. The van der Waals surface area contributed by atoms with Gasteiger partial charge in [-0.3, -0.25) is 0 Å². The Labute approximate surface area is 130 Å². The molecule has 8 heteroatoms. The summed E-state index contributed by atoms with van der Waals surface area (Å²) in [6.45, 7) is 1.92. The maximum atomic E-state index is 12.7. The molecule has 1 fully saturated rings. The summed E-state index contributed by atoms with van der Waals surface area (Å²) >= 11 is 0. The topological polar surface area (TPSA) is 73.8 Å². The standard InChI is InChI=1S/C15H17F3N4O/c1-9-6-14(23,7-12(20-9)13-8-19-22-21-13)10-2-4-11(5-3-10)15(16,17)18/h2-5,8-9,12,20,23H,6-7H2,1H3,(H,19,21,22). The SMILES string of the molecule is CC1CC(O)(c2ccc(C(F)(F)F)cc2)CC(c2cn[nH]n2)N1. The van der Waals surface area contributed by atoms with Crippen LogP contribution >= 0.6 is 0 Å². The molecule has 0 radical (unpaired) electrons. The Hall–Kier alpha value is -1.93. The van der Waals surface area contributed by atoms with E-state index >= 15 is 0 Å². The van der Waals surface area contributed by atoms with Gasteiger partial charge < -0.3 is 10.4 Å². The van der Waals surface area contributed by atoms with Crippen LogP contribution in [-0.4, -0.2) is 26.6 Å². The summed E-state index contributed by atoms with van der Waals surface area (Å²) in [6.07, 6.45) is -2.09. The number of halogens is 3. The Kier molecular flexibility index (Phi) is 3.89. The van der Waals surface area contributed by atoms with Crippen molar-refractivity contribution in [1.82, 2.24) is 20.7 Å². The van der Waals surface area contributed by atoms with Crippen LogP contribution in [-0.2, 0) is 11.8 Å². The number of hydrogen-bond acceptors (Lipinski definition) is 4. The molecule has 1 saturated heterocycles. The third kappa shape index (κ3) is 3.23. The molecule has 3 rings (SSSR count). The number of piperidine rings is 1. The summed E-state index contributed by atoms with van der Waals surface area (Å²) in [4.78, 5) is 0. The zero-order valence-corrected chi connectivity index (χ0v) is 12.4. The van der Waals surface area contributed by atoms with Gasteiger partial charge in [-0.2, -0.15) is 28.6 Å². The van der Waals surface area contributed by atoms with Crippen LogP contribution in [0.15, 0.2) is 30.5 Å². The van der Waals surface area contributed by atoms with E-state index in [9.17, 15) is 18.3 Å². The fourth-order valence-corrected chi connectivity index (χ4v) is 3.16. The number of H-pyrrole nitrogens is 1. The van der Waals surface area contributed by atoms with Crippen LogP contribution in [0.25, 0.3) is 0 Å². The van der Waals surface area contributed by atoms with Crippen LogP contribution in [0.5, 0.6) is 0 Å². The number of benzene rings is 1. The number of alkyl halides is 3. The zero-order valence-electron chi connectivity index (χ0n) is 12.4. The second-order valence-corrected chi connectivity index (χ2v) is 6.03. The van der Waals surface area contributed by atoms with E-state index in [-0.39, 0.29) is 12.1 Å². The molecule has 3 atom stereocenters. The van der Waals surface area contributed by atoms with Crippen molar-refractivity contribution in [1.29, 1.82) is 0 Å². The van der Waals surface area contributed by atoms with E-state index in [0.29, 0.717) is 24.1 Å². The molecule has 23 heavy (non-hydrogen) atoms. The average molecular weight is 326 g/mol. The molecule has 3 unspecified atom stereocenters. The van der Waals surface area contributed by atoms with Gasteiger partial charge in [0.2, 0.25) is 0 Å². The number of rotatable bonds is 2. The second-order valence-electron chi connectivity index (χ2n) is 6.03. The van der Waals surface area contributed by atoms with Gasteiger partial charge in [0.15, 0.2) is 0 Å². The summed E-state index contributed by atoms with van der Waals surface area (Å²) in [6, 6.07) is 4.47. The first-order valence-electron chi connectivity index (χ1n) is 7.30. The largest absolute Gasteiger partial charge is 0.416 e. The van der Waals surface area contributed by atoms with Crippen molar-refractivity contribution in [3.63, 3.8) is 0 Å². The second kappa shape index (κ2) is 5.61. The summed E-state index contributed by atoms with van der Waals surface area (Å²) in [5.74, 6) is 0. The van der Waals surface area contributed by atoms with Gasteiger partial charge >= 0.3 is 6.18 Å². The molecular weight excluding hydrogens is 309 g/mol. The summed E-state index contributed by atoms with van der Waals surface area (Å²) < 4.78 is 38.0. The van der Waals surface area contributed by atoms with Crippen LogP contribution in [0, 0.1) is 0 Å². The van der Waals surface area contributed by atoms with E-state index in [1.807, 2.05) is 6.92 Å². The van der Waals surface area contributed by atoms with Crippen molar-refractivity contribution >= 4 is 0 Å². The Bertz CT molecular complexity index is 656. The highest BCUT2D eigenvalue weighted by molar-refractivity contribution is 5.30. The van der Waals surface area contributed by atoms with Crippen LogP contribution in [0.1, 0.15) is 42.6 Å². The van der Waals surface area contributed by atoms with Gasteiger partial charge in [0.1, 0.15) is 0 Å². The molecule has 1 aromatic carbocycles. The lowest BCUT2D eigenvalue weighted by Gasteiger charge is -2.40. The summed E-state index contributed by atoms with van der Waals surface area (Å²) in [5, 5.41) is 24.6. The van der Waals surface area contributed by atoms with Crippen LogP contribution in [0.2, 0.25) is 0 Å². The predicted molar refractivity (Wildman–Crippen MR) is 76.3 cm³/mol. The van der Waals surface area contributed by atoms with Gasteiger partial charge in [0.25, 0.3) is 0 Å². The van der Waals surface area contributed by atoms with E-state index < -0.39 is 17.3 Å². The van der Waals surface area contributed by atoms with Gasteiger partial charge in [0, 0.05) is 12.5 Å². The third-order valence-corrected chi connectivity index (χ3v) is 4.21. The Morgan fingerprint density at radius 2 is 1.91 bits per heavy atom. The van der Waals surface area contributed by atoms with E-state index in [2.05, 4.69) is 20.7 Å². The minimum Gasteiger partial charge on any atom is -0.385 e. The molecule has 0 bridgehead atoms. The average Bonchev–Trinajstić information content (AvgIpc) is 3.00.